The van der Waals surface area contributed by atoms with E-state index in [9.17, 15) is 29.8 Å². The highest BCUT2D eigenvalue weighted by atomic mass is 35.5. The zero-order valence-corrected chi connectivity index (χ0v) is 20.5. The molecule has 1 amide bonds. The Hall–Kier alpha value is -4.55. The Morgan fingerprint density at radius 1 is 0.974 bits per heavy atom. The van der Waals surface area contributed by atoms with E-state index in [0.29, 0.717) is 37.6 Å². The van der Waals surface area contributed by atoms with E-state index in [1.54, 1.807) is 35.2 Å². The molecule has 3 aromatic carbocycles. The van der Waals surface area contributed by atoms with Crippen LogP contribution in [-0.2, 0) is 14.3 Å². The van der Waals surface area contributed by atoms with E-state index >= 15 is 0 Å². The predicted molar refractivity (Wildman–Crippen MR) is 137 cm³/mol. The predicted octanol–water partition coefficient (Wildman–Crippen LogP) is 4.53. The Labute approximate surface area is 221 Å². The Kier molecular flexibility index (Phi) is 8.14. The molecule has 1 heterocycles. The number of amides is 1. The van der Waals surface area contributed by atoms with Gasteiger partial charge in [-0.1, -0.05) is 41.9 Å². The van der Waals surface area contributed by atoms with Gasteiger partial charge in [-0.2, -0.15) is 0 Å². The number of hydrogen-bond acceptors (Lipinski definition) is 9. The summed E-state index contributed by atoms with van der Waals surface area (Å²) in [6.45, 7) is 1.78. The molecule has 196 valence electrons. The van der Waals surface area contributed by atoms with Crippen molar-refractivity contribution >= 4 is 46.2 Å². The topological polar surface area (TPSA) is 154 Å². The van der Waals surface area contributed by atoms with Crippen LogP contribution in [-0.4, -0.2) is 48.0 Å². The van der Waals surface area contributed by atoms with Crippen molar-refractivity contribution in [3.8, 4) is 0 Å². The molecule has 1 aliphatic heterocycles. The quantitative estimate of drug-likeness (QED) is 0.246. The molecule has 38 heavy (non-hydrogen) atoms. The van der Waals surface area contributed by atoms with Gasteiger partial charge in [-0.3, -0.25) is 25.0 Å². The highest BCUT2D eigenvalue weighted by Gasteiger charge is 2.29. The van der Waals surface area contributed by atoms with E-state index in [-0.39, 0.29) is 27.6 Å². The van der Waals surface area contributed by atoms with Crippen LogP contribution in [0.5, 0.6) is 0 Å². The maximum atomic E-state index is 13.2. The largest absolute Gasteiger partial charge is 0.444 e. The van der Waals surface area contributed by atoms with Gasteiger partial charge >= 0.3 is 5.97 Å². The average molecular weight is 541 g/mol. The number of halogens is 1. The number of anilines is 2. The average Bonchev–Trinajstić information content (AvgIpc) is 2.93. The van der Waals surface area contributed by atoms with Crippen LogP contribution in [0.1, 0.15) is 22.0 Å². The molecule has 0 aromatic heterocycles. The second-order valence-electron chi connectivity index (χ2n) is 8.17. The number of ether oxygens (including phenoxy) is 2. The number of carbonyl (C=O) groups is 2. The minimum absolute atomic E-state index is 0.0738. The summed E-state index contributed by atoms with van der Waals surface area (Å²) in [5.41, 5.74) is 0.0947. The summed E-state index contributed by atoms with van der Waals surface area (Å²) in [5.74, 6) is -1.74. The highest BCUT2D eigenvalue weighted by Crippen LogP contribution is 2.32. The smallest absolute Gasteiger partial charge is 0.339 e. The summed E-state index contributed by atoms with van der Waals surface area (Å²) in [6, 6.07) is 15.6. The molecule has 0 saturated carbocycles. The van der Waals surface area contributed by atoms with E-state index in [1.165, 1.54) is 24.3 Å². The second kappa shape index (κ2) is 11.7. The zero-order chi connectivity index (χ0) is 27.2. The van der Waals surface area contributed by atoms with Crippen LogP contribution in [0.15, 0.2) is 66.7 Å². The molecule has 1 fully saturated rings. The lowest BCUT2D eigenvalue weighted by molar-refractivity contribution is -0.384. The molecule has 0 radical (unpaired) electrons. The van der Waals surface area contributed by atoms with Crippen molar-refractivity contribution in [3.63, 3.8) is 0 Å². The third-order valence-corrected chi connectivity index (χ3v) is 6.06. The minimum Gasteiger partial charge on any atom is -0.444 e. The maximum absolute atomic E-state index is 13.2. The maximum Gasteiger partial charge on any atom is 0.339 e. The molecular formula is C25H21ClN4O8. The molecule has 1 atom stereocenters. The van der Waals surface area contributed by atoms with E-state index in [2.05, 4.69) is 5.32 Å². The van der Waals surface area contributed by atoms with E-state index < -0.39 is 27.8 Å². The van der Waals surface area contributed by atoms with Crippen LogP contribution in [0.4, 0.5) is 22.7 Å². The number of nitrogens with one attached hydrogen (secondary N) is 1. The van der Waals surface area contributed by atoms with Gasteiger partial charge < -0.3 is 19.7 Å². The number of carbonyl (C=O) groups excluding carboxylic acids is 2. The Balaban J connectivity index is 1.59. The van der Waals surface area contributed by atoms with Crippen LogP contribution in [0.25, 0.3) is 0 Å². The molecule has 3 aromatic rings. The van der Waals surface area contributed by atoms with Crippen molar-refractivity contribution in [2.45, 2.75) is 6.10 Å². The lowest BCUT2D eigenvalue weighted by atomic mass is 10.1. The van der Waals surface area contributed by atoms with E-state index in [4.69, 9.17) is 21.1 Å². The third-order valence-electron chi connectivity index (χ3n) is 5.75. The zero-order valence-electron chi connectivity index (χ0n) is 19.7. The first-order valence-electron chi connectivity index (χ1n) is 11.4. The molecule has 1 N–H and O–H groups in total. The first-order valence-corrected chi connectivity index (χ1v) is 11.7. The van der Waals surface area contributed by atoms with Crippen molar-refractivity contribution in [1.29, 1.82) is 0 Å². The number of nitro groups is 2. The number of benzene rings is 3. The molecule has 0 spiro atoms. The number of non-ortho nitro benzene ring substituents is 1. The molecule has 1 saturated heterocycles. The number of rotatable bonds is 8. The molecule has 0 bridgehead atoms. The van der Waals surface area contributed by atoms with Crippen LogP contribution >= 0.6 is 11.6 Å². The fraction of sp³-hybridized carbons (Fsp3) is 0.200. The summed E-state index contributed by atoms with van der Waals surface area (Å²) in [5, 5.41) is 25.2. The monoisotopic (exact) mass is 540 g/mol. The summed E-state index contributed by atoms with van der Waals surface area (Å²) >= 11 is 6.09. The lowest BCUT2D eigenvalue weighted by Gasteiger charge is -2.28. The number of morpholine rings is 1. The van der Waals surface area contributed by atoms with E-state index in [1.807, 2.05) is 0 Å². The summed E-state index contributed by atoms with van der Waals surface area (Å²) in [6.07, 6.45) is -1.45. The first kappa shape index (κ1) is 26.5. The third kappa shape index (κ3) is 6.05. The molecule has 1 unspecified atom stereocenters. The van der Waals surface area contributed by atoms with Crippen LogP contribution in [0.2, 0.25) is 5.02 Å². The standard InChI is InChI=1S/C25H21ClN4O8/c26-19-15-18(29(33)34)7-8-20(19)27-24(31)23(16-4-2-1-3-5-16)38-25(32)17-6-9-21(22(14-17)30(35)36)28-10-12-37-13-11-28/h1-9,14-15,23H,10-13H2,(H,27,31). The Morgan fingerprint density at radius 3 is 2.32 bits per heavy atom. The number of hydrogen-bond donors (Lipinski definition) is 1. The summed E-state index contributed by atoms with van der Waals surface area (Å²) in [7, 11) is 0. The first-order chi connectivity index (χ1) is 18.2. The van der Waals surface area contributed by atoms with Gasteiger partial charge in [0.15, 0.2) is 0 Å². The Bertz CT molecular complexity index is 1380. The lowest BCUT2D eigenvalue weighted by Crippen LogP contribution is -2.36. The number of nitrogens with zero attached hydrogens (tertiary/aromatic N) is 3. The number of esters is 1. The van der Waals surface area contributed by atoms with Crippen molar-refractivity contribution in [1.82, 2.24) is 0 Å². The Morgan fingerprint density at radius 2 is 1.68 bits per heavy atom. The minimum atomic E-state index is -1.45. The fourth-order valence-electron chi connectivity index (χ4n) is 3.86. The molecule has 4 rings (SSSR count). The molecule has 0 aliphatic carbocycles. The normalized spacial score (nSPS) is 13.9. The SMILES string of the molecule is O=C(OC(C(=O)Nc1ccc([N+](=O)[O-])cc1Cl)c1ccccc1)c1ccc(N2CCOCC2)c([N+](=O)[O-])c1. The van der Waals surface area contributed by atoms with Gasteiger partial charge in [0.25, 0.3) is 17.3 Å². The van der Waals surface area contributed by atoms with Crippen molar-refractivity contribution in [2.24, 2.45) is 0 Å². The van der Waals surface area contributed by atoms with Crippen LogP contribution < -0.4 is 10.2 Å². The fourth-order valence-corrected chi connectivity index (χ4v) is 4.08. The molecular weight excluding hydrogens is 520 g/mol. The van der Waals surface area contributed by atoms with Crippen molar-refractivity contribution < 1.29 is 28.9 Å². The highest BCUT2D eigenvalue weighted by molar-refractivity contribution is 6.34. The summed E-state index contributed by atoms with van der Waals surface area (Å²) in [4.78, 5) is 49.6. The van der Waals surface area contributed by atoms with Gasteiger partial charge in [0.2, 0.25) is 6.10 Å². The van der Waals surface area contributed by atoms with Gasteiger partial charge in [0, 0.05) is 36.9 Å². The second-order valence-corrected chi connectivity index (χ2v) is 8.57. The number of nitro benzene ring substituents is 2. The molecule has 1 aliphatic rings. The summed E-state index contributed by atoms with van der Waals surface area (Å²) < 4.78 is 10.8. The van der Waals surface area contributed by atoms with Gasteiger partial charge in [-0.15, -0.1) is 0 Å². The van der Waals surface area contributed by atoms with Crippen molar-refractivity contribution in [3.05, 3.63) is 103 Å². The molecule has 12 nitrogen and oxygen atoms in total. The van der Waals surface area contributed by atoms with Crippen LogP contribution in [0.3, 0.4) is 0 Å². The van der Waals surface area contributed by atoms with Gasteiger partial charge in [0.1, 0.15) is 5.69 Å². The molecule has 13 heteroatoms. The van der Waals surface area contributed by atoms with E-state index in [0.717, 1.165) is 12.1 Å². The van der Waals surface area contributed by atoms with Gasteiger partial charge in [0.05, 0.1) is 39.3 Å². The van der Waals surface area contributed by atoms with Crippen molar-refractivity contribution in [2.75, 3.05) is 36.5 Å². The van der Waals surface area contributed by atoms with Gasteiger partial charge in [-0.25, -0.2) is 4.79 Å². The van der Waals surface area contributed by atoms with Crippen LogP contribution in [0, 0.1) is 20.2 Å². The van der Waals surface area contributed by atoms with Gasteiger partial charge in [-0.05, 0) is 18.2 Å².